The van der Waals surface area contributed by atoms with E-state index in [9.17, 15) is 76.6 Å². The fourth-order valence-electron chi connectivity index (χ4n) is 11.4. The van der Waals surface area contributed by atoms with Crippen LogP contribution in [0.15, 0.2) is 121 Å². The molecule has 11 rings (SSSR count). The molecule has 23 heteroatoms. The normalized spacial score (nSPS) is 33.0. The number of aliphatic hydroxyl groups excluding tert-OH is 11. The van der Waals surface area contributed by atoms with E-state index in [0.717, 1.165) is 5.56 Å². The van der Waals surface area contributed by atoms with E-state index < -0.39 is 136 Å². The number of fused-ring (bicyclic) bond motifs is 2. The van der Waals surface area contributed by atoms with E-state index in [1.807, 2.05) is 36.4 Å². The molecule has 15 N–H and O–H groups in total. The summed E-state index contributed by atoms with van der Waals surface area (Å²) in [6, 6.07) is 32.2. The SMILES string of the molecule is OCC1OC(OCC2OC(Oc3cc(C=Cc4ccccc4)c4c(c3)OC(c3ccc(O)cc3)C4c3cc(O)cc4c3C(c3cc(O)cc(OC5OC(CO)C(O)C(O)C5O)c3)C(c3ccc(O)cc3)O4)C(O)C(O)C2O)C(O)C(O)C1O. The van der Waals surface area contributed by atoms with E-state index in [1.54, 1.807) is 48.5 Å². The Morgan fingerprint density at radius 3 is 1.48 bits per heavy atom. The summed E-state index contributed by atoms with van der Waals surface area (Å²) in [5.74, 6) is -2.07. The Hall–Kier alpha value is -7.14. The van der Waals surface area contributed by atoms with Gasteiger partial charge in [-0.2, -0.15) is 0 Å². The summed E-state index contributed by atoms with van der Waals surface area (Å²) in [5, 5.41) is 161. The highest BCUT2D eigenvalue weighted by molar-refractivity contribution is 5.76. The number of hydrogen-bond donors (Lipinski definition) is 15. The van der Waals surface area contributed by atoms with E-state index in [1.165, 1.54) is 48.5 Å². The lowest BCUT2D eigenvalue weighted by Crippen LogP contribution is -2.62. The van der Waals surface area contributed by atoms with Crippen molar-refractivity contribution < 1.29 is 114 Å². The first-order valence-corrected chi connectivity index (χ1v) is 26.7. The quantitative estimate of drug-likeness (QED) is 0.0646. The van der Waals surface area contributed by atoms with Gasteiger partial charge in [-0.15, -0.1) is 0 Å². The van der Waals surface area contributed by atoms with Crippen LogP contribution in [0.4, 0.5) is 0 Å². The number of hydrogen-bond acceptors (Lipinski definition) is 23. The third-order valence-electron chi connectivity index (χ3n) is 15.6. The highest BCUT2D eigenvalue weighted by atomic mass is 16.7. The van der Waals surface area contributed by atoms with Crippen LogP contribution in [0, 0.1) is 0 Å². The van der Waals surface area contributed by atoms with Gasteiger partial charge < -0.3 is 114 Å². The van der Waals surface area contributed by atoms with Crippen molar-refractivity contribution in [2.45, 2.75) is 116 Å². The minimum Gasteiger partial charge on any atom is -0.508 e. The molecule has 5 aliphatic rings. The van der Waals surface area contributed by atoms with Crippen LogP contribution in [0.1, 0.15) is 68.6 Å². The summed E-state index contributed by atoms with van der Waals surface area (Å²) in [5.41, 5.74) is 4.13. The third-order valence-corrected chi connectivity index (χ3v) is 15.6. The molecule has 0 bridgehead atoms. The van der Waals surface area contributed by atoms with Gasteiger partial charge in [-0.1, -0.05) is 66.7 Å². The predicted octanol–water partition coefficient (Wildman–Crippen LogP) is 1.39. The number of aliphatic hydroxyl groups is 11. The van der Waals surface area contributed by atoms with E-state index >= 15 is 0 Å². The number of phenols is 4. The third kappa shape index (κ3) is 11.4. The molecule has 0 spiro atoms. The van der Waals surface area contributed by atoms with Crippen LogP contribution >= 0.6 is 0 Å². The lowest BCUT2D eigenvalue weighted by atomic mass is 9.75. The van der Waals surface area contributed by atoms with Crippen LogP contribution in [0.5, 0.6) is 46.0 Å². The highest BCUT2D eigenvalue weighted by Gasteiger charge is 2.51. The maximum atomic E-state index is 11.8. The lowest BCUT2D eigenvalue weighted by molar-refractivity contribution is -0.323. The average Bonchev–Trinajstić information content (AvgIpc) is 2.35. The monoisotopic (exact) mass is 1150 g/mol. The van der Waals surface area contributed by atoms with E-state index in [0.29, 0.717) is 38.9 Å². The van der Waals surface area contributed by atoms with Crippen LogP contribution in [-0.4, -0.2) is 189 Å². The zero-order valence-corrected chi connectivity index (χ0v) is 43.8. The van der Waals surface area contributed by atoms with Gasteiger partial charge in [-0.05, 0) is 81.9 Å². The van der Waals surface area contributed by atoms with Crippen molar-refractivity contribution in [1.82, 2.24) is 0 Å². The summed E-state index contributed by atoms with van der Waals surface area (Å²) >= 11 is 0. The topological polar surface area (TPSA) is 377 Å². The second kappa shape index (κ2) is 23.8. The molecule has 23 nitrogen and oxygen atoms in total. The van der Waals surface area contributed by atoms with Crippen molar-refractivity contribution in [3.05, 3.63) is 166 Å². The molecule has 3 fully saturated rings. The Bertz CT molecular complexity index is 3250. The molecule has 0 saturated carbocycles. The lowest BCUT2D eigenvalue weighted by Gasteiger charge is -2.42. The molecule has 6 aromatic carbocycles. The summed E-state index contributed by atoms with van der Waals surface area (Å²) < 4.78 is 49.0. The highest BCUT2D eigenvalue weighted by Crippen LogP contribution is 2.60. The fourth-order valence-corrected chi connectivity index (χ4v) is 11.4. The number of ether oxygens (including phenoxy) is 8. The van der Waals surface area contributed by atoms with Crippen LogP contribution < -0.4 is 18.9 Å². The Morgan fingerprint density at radius 2 is 0.904 bits per heavy atom. The van der Waals surface area contributed by atoms with Crippen molar-refractivity contribution in [2.75, 3.05) is 19.8 Å². The first-order chi connectivity index (χ1) is 39.9. The molecule has 5 aliphatic heterocycles. The number of benzene rings is 6. The van der Waals surface area contributed by atoms with Crippen LogP contribution in [-0.2, 0) is 18.9 Å². The largest absolute Gasteiger partial charge is 0.508 e. The first kappa shape index (κ1) is 57.7. The van der Waals surface area contributed by atoms with Gasteiger partial charge in [-0.25, -0.2) is 0 Å². The van der Waals surface area contributed by atoms with Gasteiger partial charge in [-0.3, -0.25) is 0 Å². The van der Waals surface area contributed by atoms with Gasteiger partial charge in [0.05, 0.1) is 31.7 Å². The van der Waals surface area contributed by atoms with Gasteiger partial charge in [0.2, 0.25) is 12.6 Å². The second-order valence-electron chi connectivity index (χ2n) is 21.1. The molecule has 0 aromatic heterocycles. The van der Waals surface area contributed by atoms with E-state index in [2.05, 4.69) is 0 Å². The zero-order chi connectivity index (χ0) is 58.5. The van der Waals surface area contributed by atoms with Crippen molar-refractivity contribution in [3.63, 3.8) is 0 Å². The summed E-state index contributed by atoms with van der Waals surface area (Å²) in [6.07, 6.45) is -23.4. The van der Waals surface area contributed by atoms with Crippen LogP contribution in [0.3, 0.4) is 0 Å². The summed E-state index contributed by atoms with van der Waals surface area (Å²) in [7, 11) is 0. The second-order valence-corrected chi connectivity index (χ2v) is 21.1. The molecule has 0 aliphatic carbocycles. The molecule has 3 saturated heterocycles. The van der Waals surface area contributed by atoms with Gasteiger partial charge in [0.1, 0.15) is 131 Å². The van der Waals surface area contributed by atoms with Gasteiger partial charge >= 0.3 is 0 Å². The molecule has 440 valence electrons. The van der Waals surface area contributed by atoms with Crippen molar-refractivity contribution >= 4 is 12.2 Å². The minimum atomic E-state index is -1.89. The molecule has 6 aromatic rings. The summed E-state index contributed by atoms with van der Waals surface area (Å²) in [4.78, 5) is 0. The standard InChI is InChI=1S/C60H62O23/c61-23-40-47(67)50(70)53(73)58(81-40)76-25-42-49(69)52(72)55(75)60(83-42)78-36-17-29(7-6-26-4-2-1-3-5-26)43-39(22-36)80-57(28-10-14-32(64)15-11-28)46(43)37-20-34(66)21-38-45(37)44(56(79-38)27-8-12-31(63)13-9-27)30-16-33(65)19-35(18-30)77-59-54(74)51(71)48(68)41(24-62)82-59/h1-22,40-42,44,46-75H,23-25H2. The van der Waals surface area contributed by atoms with E-state index in [-0.39, 0.29) is 46.0 Å². The summed E-state index contributed by atoms with van der Waals surface area (Å²) in [6.45, 7) is -2.08. The van der Waals surface area contributed by atoms with Gasteiger partial charge in [0.25, 0.3) is 0 Å². The molecular formula is C60H62O23. The smallest absolute Gasteiger partial charge is 0.229 e. The maximum Gasteiger partial charge on any atom is 0.229 e. The van der Waals surface area contributed by atoms with Gasteiger partial charge in [0, 0.05) is 29.3 Å². The molecule has 19 atom stereocenters. The zero-order valence-electron chi connectivity index (χ0n) is 43.8. The van der Waals surface area contributed by atoms with Crippen molar-refractivity contribution in [3.8, 4) is 46.0 Å². The minimum absolute atomic E-state index is 0.0178. The number of rotatable bonds is 15. The van der Waals surface area contributed by atoms with Crippen LogP contribution in [0.2, 0.25) is 0 Å². The molecule has 83 heavy (non-hydrogen) atoms. The first-order valence-electron chi connectivity index (χ1n) is 26.7. The average molecular weight is 1150 g/mol. The Morgan fingerprint density at radius 1 is 0.410 bits per heavy atom. The predicted molar refractivity (Wildman–Crippen MR) is 286 cm³/mol. The molecule has 19 unspecified atom stereocenters. The Labute approximate surface area is 473 Å². The fraction of sp³-hybridized carbons (Fsp3) is 0.367. The molecular weight excluding hydrogens is 1090 g/mol. The number of phenolic OH excluding ortho intramolecular Hbond substituents is 4. The molecule has 0 radical (unpaired) electrons. The maximum absolute atomic E-state index is 11.8. The number of aromatic hydroxyl groups is 4. The van der Waals surface area contributed by atoms with Crippen molar-refractivity contribution in [2.24, 2.45) is 0 Å². The Kier molecular flexibility index (Phi) is 16.6. The Balaban J connectivity index is 1.02. The van der Waals surface area contributed by atoms with Gasteiger partial charge in [0.15, 0.2) is 6.29 Å². The van der Waals surface area contributed by atoms with Crippen LogP contribution in [0.25, 0.3) is 12.2 Å². The molecule has 5 heterocycles. The van der Waals surface area contributed by atoms with E-state index in [4.69, 9.17) is 37.9 Å². The van der Waals surface area contributed by atoms with Crippen molar-refractivity contribution in [1.29, 1.82) is 0 Å². The molecule has 0 amide bonds.